The third-order valence-electron chi connectivity index (χ3n) is 1.82. The lowest BCUT2D eigenvalue weighted by Gasteiger charge is -2.09. The van der Waals surface area contributed by atoms with Crippen LogP contribution in [0.3, 0.4) is 0 Å². The van der Waals surface area contributed by atoms with Gasteiger partial charge >= 0.3 is 0 Å². The summed E-state index contributed by atoms with van der Waals surface area (Å²) >= 11 is 0. The molecule has 4 N–H and O–H groups in total. The second-order valence-electron chi connectivity index (χ2n) is 2.96. The zero-order valence-corrected chi connectivity index (χ0v) is 8.53. The summed E-state index contributed by atoms with van der Waals surface area (Å²) in [6.45, 7) is 0.785. The predicted molar refractivity (Wildman–Crippen MR) is 56.7 cm³/mol. The van der Waals surface area contributed by atoms with Gasteiger partial charge in [-0.25, -0.2) is 0 Å². The van der Waals surface area contributed by atoms with E-state index in [0.29, 0.717) is 30.2 Å². The molecule has 0 spiro atoms. The van der Waals surface area contributed by atoms with Crippen LogP contribution in [0.1, 0.15) is 10.4 Å². The van der Waals surface area contributed by atoms with E-state index < -0.39 is 5.91 Å². The molecule has 0 saturated heterocycles. The van der Waals surface area contributed by atoms with Crippen molar-refractivity contribution in [2.45, 2.75) is 0 Å². The Bertz CT molecular complexity index is 353. The molecule has 0 aromatic heterocycles. The molecule has 1 aromatic carbocycles. The molecule has 0 saturated carbocycles. The van der Waals surface area contributed by atoms with E-state index in [1.54, 1.807) is 25.3 Å². The van der Waals surface area contributed by atoms with Gasteiger partial charge in [0.1, 0.15) is 12.4 Å². The largest absolute Gasteiger partial charge is 0.490 e. The Labute approximate surface area is 88.0 Å². The molecule has 0 bridgehead atoms. The smallest absolute Gasteiger partial charge is 0.252 e. The molecule has 5 nitrogen and oxygen atoms in total. The summed E-state index contributed by atoms with van der Waals surface area (Å²) < 4.78 is 10.1. The van der Waals surface area contributed by atoms with Crippen LogP contribution in [0, 0.1) is 0 Å². The normalized spacial score (nSPS) is 9.93. The minimum Gasteiger partial charge on any atom is -0.490 e. The summed E-state index contributed by atoms with van der Waals surface area (Å²) in [5, 5.41) is 0. The van der Waals surface area contributed by atoms with Gasteiger partial charge < -0.3 is 20.9 Å². The quantitative estimate of drug-likeness (QED) is 0.543. The van der Waals surface area contributed by atoms with Gasteiger partial charge in [-0.2, -0.15) is 0 Å². The van der Waals surface area contributed by atoms with Gasteiger partial charge in [-0.3, -0.25) is 4.79 Å². The summed E-state index contributed by atoms with van der Waals surface area (Å²) in [5.41, 5.74) is 11.6. The second kappa shape index (κ2) is 5.21. The van der Waals surface area contributed by atoms with Gasteiger partial charge in [-0.15, -0.1) is 0 Å². The number of carbonyl (C=O) groups is 1. The molecule has 5 heteroatoms. The first-order chi connectivity index (χ1) is 7.15. The van der Waals surface area contributed by atoms with E-state index in [2.05, 4.69) is 0 Å². The topological polar surface area (TPSA) is 87.6 Å². The molecule has 0 aliphatic carbocycles. The van der Waals surface area contributed by atoms with Crippen molar-refractivity contribution in [1.29, 1.82) is 0 Å². The Hall–Kier alpha value is -1.75. The lowest BCUT2D eigenvalue weighted by Crippen LogP contribution is -2.14. The van der Waals surface area contributed by atoms with E-state index in [4.69, 9.17) is 20.9 Å². The minimum atomic E-state index is -0.539. The fourth-order valence-corrected chi connectivity index (χ4v) is 1.10. The lowest BCUT2D eigenvalue weighted by atomic mass is 10.2. The molecule has 1 aromatic rings. The van der Waals surface area contributed by atoms with Crippen molar-refractivity contribution in [2.75, 3.05) is 26.1 Å². The summed E-state index contributed by atoms with van der Waals surface area (Å²) in [6, 6.07) is 4.71. The average molecular weight is 210 g/mol. The van der Waals surface area contributed by atoms with E-state index in [1.807, 2.05) is 0 Å². The first-order valence-electron chi connectivity index (χ1n) is 4.46. The van der Waals surface area contributed by atoms with Crippen molar-refractivity contribution in [1.82, 2.24) is 0 Å². The van der Waals surface area contributed by atoms with Crippen LogP contribution in [-0.4, -0.2) is 26.2 Å². The molecule has 82 valence electrons. The first-order valence-corrected chi connectivity index (χ1v) is 4.46. The van der Waals surface area contributed by atoms with Gasteiger partial charge in [0.15, 0.2) is 0 Å². The molecule has 0 aliphatic rings. The SMILES string of the molecule is COCCOc1cc(N)ccc1C(N)=O. The summed E-state index contributed by atoms with van der Waals surface area (Å²) in [5.74, 6) is -0.151. The van der Waals surface area contributed by atoms with Crippen LogP contribution in [0.15, 0.2) is 18.2 Å². The molecule has 15 heavy (non-hydrogen) atoms. The summed E-state index contributed by atoms with van der Waals surface area (Å²) in [4.78, 5) is 11.0. The first kappa shape index (κ1) is 11.3. The van der Waals surface area contributed by atoms with Gasteiger partial charge in [-0.05, 0) is 12.1 Å². The summed E-state index contributed by atoms with van der Waals surface area (Å²) in [6.07, 6.45) is 0. The van der Waals surface area contributed by atoms with Crippen LogP contribution in [-0.2, 0) is 4.74 Å². The lowest BCUT2D eigenvalue weighted by molar-refractivity contribution is 0.0992. The van der Waals surface area contributed by atoms with Crippen molar-refractivity contribution >= 4 is 11.6 Å². The number of anilines is 1. The monoisotopic (exact) mass is 210 g/mol. The van der Waals surface area contributed by atoms with Crippen LogP contribution >= 0.6 is 0 Å². The molecular weight excluding hydrogens is 196 g/mol. The van der Waals surface area contributed by atoms with Crippen molar-refractivity contribution in [3.05, 3.63) is 23.8 Å². The molecule has 1 amide bonds. The van der Waals surface area contributed by atoms with Crippen LogP contribution in [0.2, 0.25) is 0 Å². The Kier molecular flexibility index (Phi) is 3.93. The van der Waals surface area contributed by atoms with Crippen molar-refractivity contribution < 1.29 is 14.3 Å². The number of rotatable bonds is 5. The highest BCUT2D eigenvalue weighted by molar-refractivity contribution is 5.96. The third-order valence-corrected chi connectivity index (χ3v) is 1.82. The van der Waals surface area contributed by atoms with Gasteiger partial charge in [0.2, 0.25) is 0 Å². The van der Waals surface area contributed by atoms with Crippen LogP contribution in [0.25, 0.3) is 0 Å². The van der Waals surface area contributed by atoms with Gasteiger partial charge in [0.25, 0.3) is 5.91 Å². The van der Waals surface area contributed by atoms with E-state index in [9.17, 15) is 4.79 Å². The molecule has 0 aliphatic heterocycles. The van der Waals surface area contributed by atoms with Crippen molar-refractivity contribution in [2.24, 2.45) is 5.73 Å². The van der Waals surface area contributed by atoms with Gasteiger partial charge in [0.05, 0.1) is 12.2 Å². The molecule has 0 unspecified atom stereocenters. The number of hydrogen-bond acceptors (Lipinski definition) is 4. The Morgan fingerprint density at radius 3 is 2.73 bits per heavy atom. The van der Waals surface area contributed by atoms with Gasteiger partial charge in [0, 0.05) is 18.9 Å². The standard InChI is InChI=1S/C10H14N2O3/c1-14-4-5-15-9-6-7(11)2-3-8(9)10(12)13/h2-3,6H,4-5,11H2,1H3,(H2,12,13). The average Bonchev–Trinajstić information content (AvgIpc) is 2.18. The number of ether oxygens (including phenoxy) is 2. The molecule has 1 rings (SSSR count). The van der Waals surface area contributed by atoms with E-state index >= 15 is 0 Å². The van der Waals surface area contributed by atoms with E-state index in [-0.39, 0.29) is 0 Å². The number of carbonyl (C=O) groups excluding carboxylic acids is 1. The molecule has 0 fully saturated rings. The fraction of sp³-hybridized carbons (Fsp3) is 0.300. The maximum atomic E-state index is 11.0. The zero-order chi connectivity index (χ0) is 11.3. The van der Waals surface area contributed by atoms with E-state index in [1.165, 1.54) is 0 Å². The highest BCUT2D eigenvalue weighted by Crippen LogP contribution is 2.21. The molecule has 0 radical (unpaired) electrons. The second-order valence-corrected chi connectivity index (χ2v) is 2.96. The Balaban J connectivity index is 2.82. The number of benzene rings is 1. The Morgan fingerprint density at radius 2 is 2.13 bits per heavy atom. The number of nitrogens with two attached hydrogens (primary N) is 2. The highest BCUT2D eigenvalue weighted by atomic mass is 16.5. The number of nitrogen functional groups attached to an aromatic ring is 1. The number of hydrogen-bond donors (Lipinski definition) is 2. The highest BCUT2D eigenvalue weighted by Gasteiger charge is 2.09. The van der Waals surface area contributed by atoms with Crippen LogP contribution in [0.5, 0.6) is 5.75 Å². The van der Waals surface area contributed by atoms with Gasteiger partial charge in [-0.1, -0.05) is 0 Å². The number of methoxy groups -OCH3 is 1. The van der Waals surface area contributed by atoms with E-state index in [0.717, 1.165) is 0 Å². The molecular formula is C10H14N2O3. The predicted octanol–water partition coefficient (Wildman–Crippen LogP) is 0.393. The third kappa shape index (κ3) is 3.14. The maximum absolute atomic E-state index is 11.0. The minimum absolute atomic E-state index is 0.320. The maximum Gasteiger partial charge on any atom is 0.252 e. The molecule has 0 heterocycles. The number of amides is 1. The van der Waals surface area contributed by atoms with Crippen molar-refractivity contribution in [3.8, 4) is 5.75 Å². The van der Waals surface area contributed by atoms with Crippen molar-refractivity contribution in [3.63, 3.8) is 0 Å². The molecule has 0 atom stereocenters. The van der Waals surface area contributed by atoms with Crippen LogP contribution < -0.4 is 16.2 Å². The fourth-order valence-electron chi connectivity index (χ4n) is 1.10. The Morgan fingerprint density at radius 1 is 1.40 bits per heavy atom. The van der Waals surface area contributed by atoms with Crippen LogP contribution in [0.4, 0.5) is 5.69 Å². The number of primary amides is 1. The zero-order valence-electron chi connectivity index (χ0n) is 8.53. The summed E-state index contributed by atoms with van der Waals surface area (Å²) in [7, 11) is 1.57.